The second-order valence-electron chi connectivity index (χ2n) is 11.8. The minimum absolute atomic E-state index is 0.0334. The molecule has 3 heterocycles. The molecule has 1 amide bonds. The van der Waals surface area contributed by atoms with E-state index in [0.717, 1.165) is 55.3 Å². The molecule has 0 radical (unpaired) electrons. The van der Waals surface area contributed by atoms with Crippen LogP contribution < -0.4 is 5.32 Å². The number of amides is 1. The molecule has 39 heavy (non-hydrogen) atoms. The summed E-state index contributed by atoms with van der Waals surface area (Å²) in [5, 5.41) is 4.67. The lowest BCUT2D eigenvalue weighted by Gasteiger charge is -2.31. The first-order valence-electron chi connectivity index (χ1n) is 14.7. The van der Waals surface area contributed by atoms with Gasteiger partial charge in [0.05, 0.1) is 10.5 Å². The normalized spacial score (nSPS) is 24.2. The molecular weight excluding hydrogens is 506 g/mol. The SMILES string of the molecule is CCCC(=O)c1ccc2c(c1)C1CCC2N1CCC1CCC(NC(=O)c2ccc(Cl)c3nc(C)ccc23)CC1. The number of pyridine rings is 1. The molecule has 2 aliphatic heterocycles. The highest BCUT2D eigenvalue weighted by atomic mass is 35.5. The van der Waals surface area contributed by atoms with Crippen LogP contribution in [0.25, 0.3) is 10.9 Å². The molecule has 2 fully saturated rings. The Morgan fingerprint density at radius 1 is 0.974 bits per heavy atom. The van der Waals surface area contributed by atoms with E-state index in [1.807, 2.05) is 25.1 Å². The van der Waals surface area contributed by atoms with E-state index < -0.39 is 0 Å². The molecule has 2 aromatic carbocycles. The van der Waals surface area contributed by atoms with Crippen LogP contribution in [0.15, 0.2) is 42.5 Å². The summed E-state index contributed by atoms with van der Waals surface area (Å²) in [6.07, 6.45) is 9.52. The molecule has 2 bridgehead atoms. The summed E-state index contributed by atoms with van der Waals surface area (Å²) in [7, 11) is 0. The van der Waals surface area contributed by atoms with Crippen molar-refractivity contribution in [3.63, 3.8) is 0 Å². The molecule has 1 saturated carbocycles. The predicted molar refractivity (Wildman–Crippen MR) is 156 cm³/mol. The first-order valence-corrected chi connectivity index (χ1v) is 15.1. The van der Waals surface area contributed by atoms with Crippen LogP contribution in [-0.4, -0.2) is 34.2 Å². The van der Waals surface area contributed by atoms with Crippen molar-refractivity contribution in [2.24, 2.45) is 5.92 Å². The molecule has 2 unspecified atom stereocenters. The number of hydrogen-bond acceptors (Lipinski definition) is 4. The molecule has 3 aliphatic rings. The van der Waals surface area contributed by atoms with E-state index in [1.165, 1.54) is 30.4 Å². The molecule has 6 heteroatoms. The average molecular weight is 544 g/mol. The van der Waals surface area contributed by atoms with Gasteiger partial charge in [-0.25, -0.2) is 0 Å². The maximum atomic E-state index is 13.2. The van der Waals surface area contributed by atoms with Gasteiger partial charge in [0.2, 0.25) is 0 Å². The van der Waals surface area contributed by atoms with Gasteiger partial charge in [-0.1, -0.05) is 36.7 Å². The molecule has 6 rings (SSSR count). The number of aromatic nitrogens is 1. The van der Waals surface area contributed by atoms with Crippen LogP contribution in [0.3, 0.4) is 0 Å². The lowest BCUT2D eigenvalue weighted by molar-refractivity contribution is 0.0919. The van der Waals surface area contributed by atoms with Crippen LogP contribution in [0.1, 0.15) is 114 Å². The minimum atomic E-state index is -0.0334. The van der Waals surface area contributed by atoms with E-state index in [1.54, 1.807) is 6.07 Å². The lowest BCUT2D eigenvalue weighted by atomic mass is 9.84. The molecule has 2 atom stereocenters. The van der Waals surface area contributed by atoms with Crippen molar-refractivity contribution in [2.75, 3.05) is 6.54 Å². The fourth-order valence-corrected chi connectivity index (χ4v) is 7.43. The number of aryl methyl sites for hydroxylation is 1. The molecule has 0 spiro atoms. The summed E-state index contributed by atoms with van der Waals surface area (Å²) >= 11 is 6.36. The Balaban J connectivity index is 1.03. The standard InChI is InChI=1S/C33H38ClN3O2/c1-3-4-31(38)22-8-12-24-27(19-22)30-16-15-29(24)37(30)18-17-21-6-9-23(10-7-21)36-33(39)26-13-14-28(34)32-25(26)11-5-20(2)35-32/h5,8,11-14,19,21,23,29-30H,3-4,6-7,9-10,15-18H2,1-2H3,(H,36,39). The third-order valence-corrected chi connectivity index (χ3v) is 9.59. The van der Waals surface area contributed by atoms with Gasteiger partial charge in [-0.15, -0.1) is 0 Å². The number of Topliss-reactive ketones (excluding diaryl/α,β-unsaturated/α-hetero) is 1. The van der Waals surface area contributed by atoms with E-state index in [9.17, 15) is 9.59 Å². The number of ketones is 1. The Hall–Kier alpha value is -2.76. The quantitative estimate of drug-likeness (QED) is 0.295. The fourth-order valence-electron chi connectivity index (χ4n) is 7.23. The smallest absolute Gasteiger partial charge is 0.252 e. The molecule has 1 saturated heterocycles. The van der Waals surface area contributed by atoms with Gasteiger partial charge in [0, 0.05) is 46.8 Å². The zero-order chi connectivity index (χ0) is 27.1. The number of benzene rings is 2. The Bertz CT molecular complexity index is 1410. The van der Waals surface area contributed by atoms with Gasteiger partial charge in [0.15, 0.2) is 5.78 Å². The number of hydrogen-bond donors (Lipinski definition) is 1. The van der Waals surface area contributed by atoms with Gasteiger partial charge in [-0.05, 0) is 106 Å². The second-order valence-corrected chi connectivity index (χ2v) is 12.2. The van der Waals surface area contributed by atoms with Crippen molar-refractivity contribution in [2.45, 2.75) is 89.8 Å². The van der Waals surface area contributed by atoms with Crippen molar-refractivity contribution in [3.05, 3.63) is 75.4 Å². The highest BCUT2D eigenvalue weighted by Gasteiger charge is 2.43. The van der Waals surface area contributed by atoms with E-state index in [-0.39, 0.29) is 17.7 Å². The fraction of sp³-hybridized carbons (Fsp3) is 0.485. The summed E-state index contributed by atoms with van der Waals surface area (Å²) in [6, 6.07) is 15.1. The van der Waals surface area contributed by atoms with Crippen molar-refractivity contribution in [1.82, 2.24) is 15.2 Å². The van der Waals surface area contributed by atoms with Crippen LogP contribution in [0.5, 0.6) is 0 Å². The van der Waals surface area contributed by atoms with E-state index in [4.69, 9.17) is 11.6 Å². The lowest BCUT2D eigenvalue weighted by Crippen LogP contribution is -2.38. The van der Waals surface area contributed by atoms with Crippen LogP contribution in [0.2, 0.25) is 5.02 Å². The topological polar surface area (TPSA) is 62.3 Å². The molecule has 1 N–H and O–H groups in total. The first kappa shape index (κ1) is 26.5. The summed E-state index contributed by atoms with van der Waals surface area (Å²) in [5.74, 6) is 0.940. The Kier molecular flexibility index (Phi) is 7.47. The van der Waals surface area contributed by atoms with Gasteiger partial charge in [-0.3, -0.25) is 19.5 Å². The molecular formula is C33H38ClN3O2. The number of rotatable bonds is 8. The van der Waals surface area contributed by atoms with Gasteiger partial charge < -0.3 is 5.32 Å². The second kappa shape index (κ2) is 11.0. The molecule has 1 aliphatic carbocycles. The van der Waals surface area contributed by atoms with Gasteiger partial charge in [-0.2, -0.15) is 0 Å². The van der Waals surface area contributed by atoms with E-state index in [0.29, 0.717) is 40.5 Å². The maximum absolute atomic E-state index is 13.2. The first-order chi connectivity index (χ1) is 18.9. The van der Waals surface area contributed by atoms with E-state index >= 15 is 0 Å². The average Bonchev–Trinajstić information content (AvgIpc) is 3.49. The molecule has 3 aromatic rings. The molecule has 5 nitrogen and oxygen atoms in total. The highest BCUT2D eigenvalue weighted by molar-refractivity contribution is 6.35. The Labute approximate surface area is 236 Å². The van der Waals surface area contributed by atoms with Crippen molar-refractivity contribution in [3.8, 4) is 0 Å². The van der Waals surface area contributed by atoms with Crippen LogP contribution in [0.4, 0.5) is 0 Å². The zero-order valence-corrected chi connectivity index (χ0v) is 23.8. The Morgan fingerprint density at radius 2 is 1.74 bits per heavy atom. The third kappa shape index (κ3) is 5.12. The van der Waals surface area contributed by atoms with Gasteiger partial charge >= 0.3 is 0 Å². The number of carbonyl (C=O) groups is 2. The van der Waals surface area contributed by atoms with Gasteiger partial charge in [0.1, 0.15) is 0 Å². The number of carbonyl (C=O) groups excluding carboxylic acids is 2. The summed E-state index contributed by atoms with van der Waals surface area (Å²) in [6.45, 7) is 5.12. The molecule has 1 aromatic heterocycles. The predicted octanol–water partition coefficient (Wildman–Crippen LogP) is 7.75. The number of fused-ring (bicyclic) bond motifs is 6. The van der Waals surface area contributed by atoms with E-state index in [2.05, 4.69) is 40.3 Å². The van der Waals surface area contributed by atoms with Crippen molar-refractivity contribution in [1.29, 1.82) is 0 Å². The number of nitrogens with zero attached hydrogens (tertiary/aromatic N) is 2. The highest BCUT2D eigenvalue weighted by Crippen LogP contribution is 2.53. The molecule has 204 valence electrons. The van der Waals surface area contributed by atoms with Crippen LogP contribution in [0, 0.1) is 12.8 Å². The van der Waals surface area contributed by atoms with Crippen LogP contribution >= 0.6 is 11.6 Å². The van der Waals surface area contributed by atoms with Crippen molar-refractivity contribution >= 4 is 34.2 Å². The summed E-state index contributed by atoms with van der Waals surface area (Å²) in [4.78, 5) is 32.9. The monoisotopic (exact) mass is 543 g/mol. The third-order valence-electron chi connectivity index (χ3n) is 9.29. The number of halogens is 1. The zero-order valence-electron chi connectivity index (χ0n) is 23.0. The van der Waals surface area contributed by atoms with Crippen molar-refractivity contribution < 1.29 is 9.59 Å². The number of nitrogens with one attached hydrogen (secondary N) is 1. The minimum Gasteiger partial charge on any atom is -0.349 e. The summed E-state index contributed by atoms with van der Waals surface area (Å²) in [5.41, 5.74) is 5.97. The summed E-state index contributed by atoms with van der Waals surface area (Å²) < 4.78 is 0. The van der Waals surface area contributed by atoms with Gasteiger partial charge in [0.25, 0.3) is 5.91 Å². The maximum Gasteiger partial charge on any atom is 0.252 e. The largest absolute Gasteiger partial charge is 0.349 e. The Morgan fingerprint density at radius 3 is 2.51 bits per heavy atom. The van der Waals surface area contributed by atoms with Crippen LogP contribution in [-0.2, 0) is 0 Å².